The summed E-state index contributed by atoms with van der Waals surface area (Å²) in [7, 11) is 0. The highest BCUT2D eigenvalue weighted by atomic mass is 35.5. The smallest absolute Gasteiger partial charge is 0.270 e. The van der Waals surface area contributed by atoms with Gasteiger partial charge in [-0.15, -0.1) is 0 Å². The zero-order chi connectivity index (χ0) is 17.5. The molecule has 0 spiro atoms. The number of rotatable bonds is 6. The summed E-state index contributed by atoms with van der Waals surface area (Å²) in [5, 5.41) is 15.7. The Morgan fingerprint density at radius 2 is 1.79 bits per heavy atom. The second-order valence-electron chi connectivity index (χ2n) is 4.87. The van der Waals surface area contributed by atoms with Crippen LogP contribution in [0.4, 0.5) is 5.69 Å². The molecule has 24 heavy (non-hydrogen) atoms. The van der Waals surface area contributed by atoms with Crippen LogP contribution in [0.2, 0.25) is 5.02 Å². The Labute approximate surface area is 142 Å². The zero-order valence-corrected chi connectivity index (χ0v) is 13.2. The maximum Gasteiger partial charge on any atom is 0.270 e. The molecular weight excluding hydrogens is 334 g/mol. The highest BCUT2D eigenvalue weighted by molar-refractivity contribution is 6.34. The summed E-state index contributed by atoms with van der Waals surface area (Å²) in [5.41, 5.74) is 0.797. The maximum absolute atomic E-state index is 12.0. The Hall–Kier alpha value is -2.93. The van der Waals surface area contributed by atoms with Gasteiger partial charge in [0.25, 0.3) is 11.6 Å². The van der Waals surface area contributed by atoms with Gasteiger partial charge in [0.05, 0.1) is 22.1 Å². The number of nitro benzene ring substituents is 1. The van der Waals surface area contributed by atoms with Crippen LogP contribution in [-0.4, -0.2) is 23.3 Å². The number of nitro groups is 1. The van der Waals surface area contributed by atoms with Crippen LogP contribution in [0.25, 0.3) is 0 Å². The third kappa shape index (κ3) is 4.79. The first-order valence-corrected chi connectivity index (χ1v) is 7.38. The molecule has 0 bridgehead atoms. The summed E-state index contributed by atoms with van der Waals surface area (Å²) in [6.45, 7) is 0.132. The third-order valence-electron chi connectivity index (χ3n) is 3.15. The number of amides is 2. The van der Waals surface area contributed by atoms with Gasteiger partial charge in [0.2, 0.25) is 5.91 Å². The van der Waals surface area contributed by atoms with E-state index >= 15 is 0 Å². The number of carbonyl (C=O) groups is 2. The van der Waals surface area contributed by atoms with Gasteiger partial charge in [-0.3, -0.25) is 19.7 Å². The van der Waals surface area contributed by atoms with Crippen molar-refractivity contribution in [2.75, 3.05) is 6.54 Å². The molecule has 0 saturated heterocycles. The molecule has 0 heterocycles. The molecule has 8 heteroatoms. The molecule has 0 aliphatic heterocycles. The molecule has 0 aromatic heterocycles. The van der Waals surface area contributed by atoms with Crippen LogP contribution in [0.1, 0.15) is 15.9 Å². The average Bonchev–Trinajstić information content (AvgIpc) is 2.58. The van der Waals surface area contributed by atoms with Gasteiger partial charge in [0.15, 0.2) is 0 Å². The van der Waals surface area contributed by atoms with Gasteiger partial charge in [0, 0.05) is 18.7 Å². The van der Waals surface area contributed by atoms with E-state index in [0.29, 0.717) is 6.54 Å². The highest BCUT2D eigenvalue weighted by Gasteiger charge is 2.15. The monoisotopic (exact) mass is 347 g/mol. The van der Waals surface area contributed by atoms with Crippen molar-refractivity contribution in [2.24, 2.45) is 0 Å². The number of carbonyl (C=O) groups excluding carboxylic acids is 2. The Bertz CT molecular complexity index is 765. The fourth-order valence-electron chi connectivity index (χ4n) is 1.92. The Morgan fingerprint density at radius 3 is 2.42 bits per heavy atom. The number of benzene rings is 2. The number of nitrogens with one attached hydrogen (secondary N) is 2. The molecule has 2 rings (SSSR count). The van der Waals surface area contributed by atoms with Crippen molar-refractivity contribution in [2.45, 2.75) is 6.54 Å². The molecule has 0 radical (unpaired) electrons. The molecule has 0 aliphatic rings. The molecule has 2 amide bonds. The van der Waals surface area contributed by atoms with E-state index in [1.807, 2.05) is 30.3 Å². The average molecular weight is 348 g/mol. The lowest BCUT2D eigenvalue weighted by atomic mass is 10.2. The quantitative estimate of drug-likeness (QED) is 0.618. The highest BCUT2D eigenvalue weighted by Crippen LogP contribution is 2.22. The summed E-state index contributed by atoms with van der Waals surface area (Å²) in [6, 6.07) is 12.9. The number of non-ortho nitro benzene ring substituents is 1. The second-order valence-corrected chi connectivity index (χ2v) is 5.27. The van der Waals surface area contributed by atoms with Crippen LogP contribution in [0.15, 0.2) is 48.5 Å². The molecule has 7 nitrogen and oxygen atoms in total. The van der Waals surface area contributed by atoms with Crippen LogP contribution in [0.3, 0.4) is 0 Å². The Kier molecular flexibility index (Phi) is 5.86. The van der Waals surface area contributed by atoms with Crippen molar-refractivity contribution in [3.8, 4) is 0 Å². The van der Waals surface area contributed by atoms with Gasteiger partial charge >= 0.3 is 0 Å². The number of hydrogen-bond acceptors (Lipinski definition) is 4. The van der Waals surface area contributed by atoms with Crippen molar-refractivity contribution in [3.63, 3.8) is 0 Å². The van der Waals surface area contributed by atoms with Crippen LogP contribution < -0.4 is 10.6 Å². The van der Waals surface area contributed by atoms with Crippen LogP contribution >= 0.6 is 11.6 Å². The normalized spacial score (nSPS) is 10.0. The first-order valence-electron chi connectivity index (χ1n) is 7.00. The summed E-state index contributed by atoms with van der Waals surface area (Å²) in [5.74, 6) is -0.935. The van der Waals surface area contributed by atoms with Gasteiger partial charge in [-0.2, -0.15) is 0 Å². The van der Waals surface area contributed by atoms with Crippen molar-refractivity contribution < 1.29 is 14.5 Å². The molecule has 2 aromatic carbocycles. The van der Waals surface area contributed by atoms with Crippen molar-refractivity contribution in [3.05, 3.63) is 74.8 Å². The molecule has 0 saturated carbocycles. The van der Waals surface area contributed by atoms with E-state index in [1.165, 1.54) is 12.1 Å². The van der Waals surface area contributed by atoms with E-state index < -0.39 is 10.8 Å². The van der Waals surface area contributed by atoms with Crippen LogP contribution in [0, 0.1) is 10.1 Å². The summed E-state index contributed by atoms with van der Waals surface area (Å²) < 4.78 is 0. The van der Waals surface area contributed by atoms with Gasteiger partial charge < -0.3 is 10.6 Å². The van der Waals surface area contributed by atoms with Gasteiger partial charge in [-0.25, -0.2) is 0 Å². The molecule has 124 valence electrons. The molecule has 2 N–H and O–H groups in total. The largest absolute Gasteiger partial charge is 0.350 e. The van der Waals surface area contributed by atoms with E-state index in [9.17, 15) is 19.7 Å². The van der Waals surface area contributed by atoms with E-state index in [0.717, 1.165) is 11.6 Å². The Morgan fingerprint density at radius 1 is 1.08 bits per heavy atom. The van der Waals surface area contributed by atoms with Crippen molar-refractivity contribution in [1.29, 1.82) is 0 Å². The van der Waals surface area contributed by atoms with E-state index in [2.05, 4.69) is 10.6 Å². The number of halogens is 1. The third-order valence-corrected chi connectivity index (χ3v) is 3.46. The molecule has 0 aliphatic carbocycles. The standard InChI is InChI=1S/C16H14ClN3O4/c17-14-8-12(20(23)24)6-7-13(14)16(22)19-10-15(21)18-9-11-4-2-1-3-5-11/h1-8H,9-10H2,(H,18,21)(H,19,22). The van der Waals surface area contributed by atoms with Gasteiger partial charge in [0.1, 0.15) is 0 Å². The lowest BCUT2D eigenvalue weighted by Crippen LogP contribution is -2.36. The first-order chi connectivity index (χ1) is 11.5. The summed E-state index contributed by atoms with van der Waals surface area (Å²) in [4.78, 5) is 33.7. The molecule has 0 unspecified atom stereocenters. The summed E-state index contributed by atoms with van der Waals surface area (Å²) >= 11 is 5.86. The van der Waals surface area contributed by atoms with Gasteiger partial charge in [-0.1, -0.05) is 41.9 Å². The van der Waals surface area contributed by atoms with E-state index in [-0.39, 0.29) is 28.7 Å². The zero-order valence-electron chi connectivity index (χ0n) is 12.5. The number of nitrogens with zero attached hydrogens (tertiary/aromatic N) is 1. The molecular formula is C16H14ClN3O4. The number of hydrogen-bond donors (Lipinski definition) is 2. The lowest BCUT2D eigenvalue weighted by Gasteiger charge is -2.08. The van der Waals surface area contributed by atoms with Crippen LogP contribution in [-0.2, 0) is 11.3 Å². The fourth-order valence-corrected chi connectivity index (χ4v) is 2.18. The predicted octanol–water partition coefficient (Wildman–Crippen LogP) is 2.29. The topological polar surface area (TPSA) is 101 Å². The second kappa shape index (κ2) is 8.07. The van der Waals surface area contributed by atoms with Crippen LogP contribution in [0.5, 0.6) is 0 Å². The molecule has 2 aromatic rings. The molecule has 0 atom stereocenters. The predicted molar refractivity (Wildman–Crippen MR) is 88.7 cm³/mol. The summed E-state index contributed by atoms with van der Waals surface area (Å²) in [6.07, 6.45) is 0. The fraction of sp³-hybridized carbons (Fsp3) is 0.125. The van der Waals surface area contributed by atoms with E-state index in [4.69, 9.17) is 11.6 Å². The maximum atomic E-state index is 12.0. The first kappa shape index (κ1) is 17.4. The Balaban J connectivity index is 1.86. The lowest BCUT2D eigenvalue weighted by molar-refractivity contribution is -0.384. The van der Waals surface area contributed by atoms with E-state index in [1.54, 1.807) is 0 Å². The minimum absolute atomic E-state index is 0.0496. The van der Waals surface area contributed by atoms with Crippen molar-refractivity contribution in [1.82, 2.24) is 10.6 Å². The van der Waals surface area contributed by atoms with Crippen molar-refractivity contribution >= 4 is 29.1 Å². The SMILES string of the molecule is O=C(CNC(=O)c1ccc([N+](=O)[O-])cc1Cl)NCc1ccccc1. The minimum atomic E-state index is -0.607. The van der Waals surface area contributed by atoms with Gasteiger partial charge in [-0.05, 0) is 11.6 Å². The molecule has 0 fully saturated rings. The minimum Gasteiger partial charge on any atom is -0.350 e.